The molecule has 1 N–H and O–H groups in total. The van der Waals surface area contributed by atoms with Crippen molar-refractivity contribution in [1.29, 1.82) is 0 Å². The van der Waals surface area contributed by atoms with Gasteiger partial charge in [-0.1, -0.05) is 29.8 Å². The Labute approximate surface area is 103 Å². The second-order valence-corrected chi connectivity index (χ2v) is 4.81. The van der Waals surface area contributed by atoms with Gasteiger partial charge in [-0.05, 0) is 18.9 Å². The third kappa shape index (κ3) is 3.30. The van der Waals surface area contributed by atoms with E-state index in [9.17, 15) is 4.79 Å². The number of carbonyl (C=O) groups is 1. The average molecular weight is 232 g/mol. The van der Waals surface area contributed by atoms with E-state index in [1.807, 2.05) is 4.90 Å². The summed E-state index contributed by atoms with van der Waals surface area (Å²) in [6, 6.07) is 8.96. The molecule has 0 aromatic heterocycles. The maximum atomic E-state index is 11.3. The second-order valence-electron chi connectivity index (χ2n) is 4.81. The van der Waals surface area contributed by atoms with Gasteiger partial charge in [0.05, 0.1) is 0 Å². The lowest BCUT2D eigenvalue weighted by molar-refractivity contribution is -0.130. The Morgan fingerprint density at radius 1 is 1.53 bits per heavy atom. The number of piperazine rings is 1. The van der Waals surface area contributed by atoms with E-state index < -0.39 is 0 Å². The normalized spacial score (nSPS) is 20.4. The molecule has 1 atom stereocenters. The van der Waals surface area contributed by atoms with Gasteiger partial charge in [0.1, 0.15) is 0 Å². The summed E-state index contributed by atoms with van der Waals surface area (Å²) in [4.78, 5) is 13.3. The molecule has 92 valence electrons. The minimum Gasteiger partial charge on any atom is -0.340 e. The molecule has 1 unspecified atom stereocenters. The Morgan fingerprint density at radius 2 is 2.35 bits per heavy atom. The molecule has 1 heterocycles. The molecule has 3 nitrogen and oxygen atoms in total. The molecule has 1 fully saturated rings. The van der Waals surface area contributed by atoms with Crippen LogP contribution in [0, 0.1) is 6.92 Å². The Bertz CT molecular complexity index is 403. The third-order valence-electron chi connectivity index (χ3n) is 3.27. The van der Waals surface area contributed by atoms with Crippen LogP contribution in [0.3, 0.4) is 0 Å². The number of nitrogens with zero attached hydrogens (tertiary/aromatic N) is 1. The molecule has 1 saturated heterocycles. The first-order chi connectivity index (χ1) is 8.15. The average Bonchev–Trinajstić information content (AvgIpc) is 2.29. The van der Waals surface area contributed by atoms with Gasteiger partial charge >= 0.3 is 0 Å². The van der Waals surface area contributed by atoms with Crippen molar-refractivity contribution < 1.29 is 4.79 Å². The van der Waals surface area contributed by atoms with Crippen LogP contribution in [-0.4, -0.2) is 36.5 Å². The molecule has 0 spiro atoms. The molecule has 0 bridgehead atoms. The number of carbonyl (C=O) groups excluding carboxylic acids is 1. The first-order valence-electron chi connectivity index (χ1n) is 6.19. The van der Waals surface area contributed by atoms with E-state index in [-0.39, 0.29) is 5.91 Å². The van der Waals surface area contributed by atoms with Gasteiger partial charge in [-0.25, -0.2) is 0 Å². The van der Waals surface area contributed by atoms with E-state index in [0.29, 0.717) is 6.04 Å². The number of amides is 1. The number of aryl methyl sites for hydroxylation is 1. The smallest absolute Gasteiger partial charge is 0.219 e. The molecule has 2 rings (SSSR count). The van der Waals surface area contributed by atoms with Crippen molar-refractivity contribution in [3.05, 3.63) is 35.4 Å². The van der Waals surface area contributed by atoms with E-state index in [2.05, 4.69) is 36.5 Å². The number of hydrogen-bond donors (Lipinski definition) is 1. The monoisotopic (exact) mass is 232 g/mol. The van der Waals surface area contributed by atoms with Crippen LogP contribution in [0.2, 0.25) is 0 Å². The fraction of sp³-hybridized carbons (Fsp3) is 0.500. The third-order valence-corrected chi connectivity index (χ3v) is 3.27. The molecule has 0 aliphatic carbocycles. The highest BCUT2D eigenvalue weighted by molar-refractivity contribution is 5.73. The van der Waals surface area contributed by atoms with Crippen LogP contribution in [-0.2, 0) is 11.2 Å². The molecule has 1 aromatic rings. The van der Waals surface area contributed by atoms with Crippen molar-refractivity contribution in [3.8, 4) is 0 Å². The fourth-order valence-corrected chi connectivity index (χ4v) is 2.37. The highest BCUT2D eigenvalue weighted by Gasteiger charge is 2.20. The summed E-state index contributed by atoms with van der Waals surface area (Å²) in [6.07, 6.45) is 0.992. The lowest BCUT2D eigenvalue weighted by atomic mass is 10.0. The van der Waals surface area contributed by atoms with Crippen LogP contribution in [0.15, 0.2) is 24.3 Å². The highest BCUT2D eigenvalue weighted by atomic mass is 16.2. The minimum atomic E-state index is 0.181. The van der Waals surface area contributed by atoms with Crippen LogP contribution < -0.4 is 5.32 Å². The van der Waals surface area contributed by atoms with Crippen molar-refractivity contribution in [3.63, 3.8) is 0 Å². The number of rotatable bonds is 2. The molecular formula is C14H20N2O. The molecule has 0 radical (unpaired) electrons. The molecule has 3 heteroatoms. The molecular weight excluding hydrogens is 212 g/mol. The zero-order chi connectivity index (χ0) is 12.3. The van der Waals surface area contributed by atoms with E-state index in [4.69, 9.17) is 0 Å². The summed E-state index contributed by atoms with van der Waals surface area (Å²) in [7, 11) is 0. The van der Waals surface area contributed by atoms with Gasteiger partial charge in [0.2, 0.25) is 5.91 Å². The standard InChI is InChI=1S/C14H20N2O/c1-11-4-3-5-13(8-11)9-14-10-16(12(2)17)7-6-15-14/h3-5,8,14-15H,6-7,9-10H2,1-2H3. The van der Waals surface area contributed by atoms with Gasteiger partial charge in [0.25, 0.3) is 0 Å². The van der Waals surface area contributed by atoms with Crippen molar-refractivity contribution in [1.82, 2.24) is 10.2 Å². The molecule has 1 aliphatic heterocycles. The molecule has 0 saturated carbocycles. The number of benzene rings is 1. The lowest BCUT2D eigenvalue weighted by Crippen LogP contribution is -2.52. The lowest BCUT2D eigenvalue weighted by Gasteiger charge is -2.33. The van der Waals surface area contributed by atoms with E-state index in [0.717, 1.165) is 26.1 Å². The van der Waals surface area contributed by atoms with Gasteiger partial charge in [-0.2, -0.15) is 0 Å². The SMILES string of the molecule is CC(=O)N1CCNC(Cc2cccc(C)c2)C1. The summed E-state index contributed by atoms with van der Waals surface area (Å²) in [6.45, 7) is 6.31. The Morgan fingerprint density at radius 3 is 3.06 bits per heavy atom. The van der Waals surface area contributed by atoms with E-state index >= 15 is 0 Å². The number of nitrogens with one attached hydrogen (secondary N) is 1. The highest BCUT2D eigenvalue weighted by Crippen LogP contribution is 2.09. The first-order valence-corrected chi connectivity index (χ1v) is 6.19. The molecule has 1 aromatic carbocycles. The molecule has 1 amide bonds. The van der Waals surface area contributed by atoms with Crippen LogP contribution in [0.25, 0.3) is 0 Å². The van der Waals surface area contributed by atoms with Crippen molar-refractivity contribution in [2.24, 2.45) is 0 Å². The summed E-state index contributed by atoms with van der Waals surface area (Å²) in [5.41, 5.74) is 2.63. The van der Waals surface area contributed by atoms with Gasteiger partial charge < -0.3 is 10.2 Å². The van der Waals surface area contributed by atoms with E-state index in [1.54, 1.807) is 6.92 Å². The second kappa shape index (κ2) is 5.32. The summed E-state index contributed by atoms with van der Waals surface area (Å²) < 4.78 is 0. The topological polar surface area (TPSA) is 32.3 Å². The minimum absolute atomic E-state index is 0.181. The van der Waals surface area contributed by atoms with Crippen LogP contribution in [0.4, 0.5) is 0 Å². The Kier molecular flexibility index (Phi) is 3.79. The first kappa shape index (κ1) is 12.1. The van der Waals surface area contributed by atoms with Crippen LogP contribution in [0.5, 0.6) is 0 Å². The predicted molar refractivity (Wildman–Crippen MR) is 68.9 cm³/mol. The van der Waals surface area contributed by atoms with Crippen molar-refractivity contribution >= 4 is 5.91 Å². The Hall–Kier alpha value is -1.35. The van der Waals surface area contributed by atoms with Gasteiger partial charge in [-0.3, -0.25) is 4.79 Å². The maximum Gasteiger partial charge on any atom is 0.219 e. The van der Waals surface area contributed by atoms with Crippen LogP contribution in [0.1, 0.15) is 18.1 Å². The van der Waals surface area contributed by atoms with Gasteiger partial charge in [-0.15, -0.1) is 0 Å². The summed E-state index contributed by atoms with van der Waals surface area (Å²) in [5.74, 6) is 0.181. The summed E-state index contributed by atoms with van der Waals surface area (Å²) >= 11 is 0. The molecule has 1 aliphatic rings. The fourth-order valence-electron chi connectivity index (χ4n) is 2.37. The molecule has 17 heavy (non-hydrogen) atoms. The Balaban J connectivity index is 1.97. The quantitative estimate of drug-likeness (QED) is 0.835. The summed E-state index contributed by atoms with van der Waals surface area (Å²) in [5, 5.41) is 3.48. The predicted octanol–water partition coefficient (Wildman–Crippen LogP) is 1.36. The zero-order valence-electron chi connectivity index (χ0n) is 10.6. The van der Waals surface area contributed by atoms with Crippen molar-refractivity contribution in [2.75, 3.05) is 19.6 Å². The number of hydrogen-bond acceptors (Lipinski definition) is 2. The van der Waals surface area contributed by atoms with Gasteiger partial charge in [0, 0.05) is 32.6 Å². The van der Waals surface area contributed by atoms with E-state index in [1.165, 1.54) is 11.1 Å². The van der Waals surface area contributed by atoms with Crippen molar-refractivity contribution in [2.45, 2.75) is 26.3 Å². The maximum absolute atomic E-state index is 11.3. The largest absolute Gasteiger partial charge is 0.340 e. The van der Waals surface area contributed by atoms with Gasteiger partial charge in [0.15, 0.2) is 0 Å². The zero-order valence-corrected chi connectivity index (χ0v) is 10.6. The van der Waals surface area contributed by atoms with Crippen LogP contribution >= 0.6 is 0 Å².